The van der Waals surface area contributed by atoms with Crippen LogP contribution in [-0.2, 0) is 4.79 Å². The first-order chi connectivity index (χ1) is 9.06. The van der Waals surface area contributed by atoms with Crippen LogP contribution < -0.4 is 5.73 Å². The van der Waals surface area contributed by atoms with Crippen molar-refractivity contribution < 1.29 is 14.3 Å². The van der Waals surface area contributed by atoms with E-state index in [1.807, 2.05) is 31.2 Å². The van der Waals surface area contributed by atoms with Crippen LogP contribution in [-0.4, -0.2) is 16.1 Å². The smallest absolute Gasteiger partial charge is 0.303 e. The van der Waals surface area contributed by atoms with E-state index in [9.17, 15) is 4.79 Å². The molecule has 5 nitrogen and oxygen atoms in total. The number of carbonyl (C=O) groups is 1. The van der Waals surface area contributed by atoms with Crippen molar-refractivity contribution in [3.63, 3.8) is 0 Å². The standard InChI is InChI=1S/C14H16N2O3/c1-9-8-19-14(16-9)11-4-2-10(3-5-11)12(15)6-7-13(17)18/h2-5,8,12H,6-7,15H2,1H3,(H,17,18). The highest BCUT2D eigenvalue weighted by Crippen LogP contribution is 2.22. The quantitative estimate of drug-likeness (QED) is 0.862. The Morgan fingerprint density at radius 3 is 2.63 bits per heavy atom. The lowest BCUT2D eigenvalue weighted by Gasteiger charge is -2.10. The second-order valence-electron chi connectivity index (χ2n) is 4.45. The topological polar surface area (TPSA) is 89.3 Å². The van der Waals surface area contributed by atoms with Gasteiger partial charge in [0.1, 0.15) is 6.26 Å². The second-order valence-corrected chi connectivity index (χ2v) is 4.45. The van der Waals surface area contributed by atoms with E-state index in [0.29, 0.717) is 12.3 Å². The Kier molecular flexibility index (Phi) is 3.97. The van der Waals surface area contributed by atoms with Crippen LogP contribution in [0.3, 0.4) is 0 Å². The summed E-state index contributed by atoms with van der Waals surface area (Å²) in [6.45, 7) is 1.86. The molecule has 3 N–H and O–H groups in total. The summed E-state index contributed by atoms with van der Waals surface area (Å²) in [4.78, 5) is 14.7. The molecule has 0 aliphatic carbocycles. The monoisotopic (exact) mass is 260 g/mol. The first kappa shape index (κ1) is 13.3. The number of oxazole rings is 1. The van der Waals surface area contributed by atoms with Crippen LogP contribution in [0.25, 0.3) is 11.5 Å². The fraction of sp³-hybridized carbons (Fsp3) is 0.286. The number of aliphatic carboxylic acids is 1. The van der Waals surface area contributed by atoms with Gasteiger partial charge in [0, 0.05) is 18.0 Å². The fourth-order valence-corrected chi connectivity index (χ4v) is 1.81. The third-order valence-corrected chi connectivity index (χ3v) is 2.87. The SMILES string of the molecule is Cc1coc(-c2ccc(C(N)CCC(=O)O)cc2)n1. The van der Waals surface area contributed by atoms with Gasteiger partial charge in [-0.25, -0.2) is 4.98 Å². The molecular weight excluding hydrogens is 244 g/mol. The zero-order valence-electron chi connectivity index (χ0n) is 10.7. The molecule has 1 unspecified atom stereocenters. The van der Waals surface area contributed by atoms with E-state index < -0.39 is 5.97 Å². The highest BCUT2D eigenvalue weighted by atomic mass is 16.4. The van der Waals surface area contributed by atoms with Gasteiger partial charge < -0.3 is 15.3 Å². The molecule has 0 aliphatic heterocycles. The number of nitrogens with two attached hydrogens (primary N) is 1. The van der Waals surface area contributed by atoms with E-state index in [4.69, 9.17) is 15.3 Å². The van der Waals surface area contributed by atoms with Gasteiger partial charge in [-0.3, -0.25) is 4.79 Å². The van der Waals surface area contributed by atoms with Crippen molar-refractivity contribution in [3.8, 4) is 11.5 Å². The van der Waals surface area contributed by atoms with Crippen LogP contribution in [0.4, 0.5) is 0 Å². The fourth-order valence-electron chi connectivity index (χ4n) is 1.81. The minimum atomic E-state index is -0.831. The summed E-state index contributed by atoms with van der Waals surface area (Å²) in [5.74, 6) is -0.259. The van der Waals surface area contributed by atoms with Crippen molar-refractivity contribution in [1.29, 1.82) is 0 Å². The summed E-state index contributed by atoms with van der Waals surface area (Å²) in [6.07, 6.45) is 2.09. The van der Waals surface area contributed by atoms with Gasteiger partial charge in [0.25, 0.3) is 0 Å². The number of nitrogens with zero attached hydrogens (tertiary/aromatic N) is 1. The van der Waals surface area contributed by atoms with Gasteiger partial charge in [0.05, 0.1) is 5.69 Å². The van der Waals surface area contributed by atoms with Gasteiger partial charge in [-0.05, 0) is 31.0 Å². The highest BCUT2D eigenvalue weighted by Gasteiger charge is 2.10. The molecule has 0 radical (unpaired) electrons. The Morgan fingerprint density at radius 2 is 2.11 bits per heavy atom. The molecule has 0 bridgehead atoms. The van der Waals surface area contributed by atoms with E-state index in [-0.39, 0.29) is 12.5 Å². The molecular formula is C14H16N2O3. The second kappa shape index (κ2) is 5.67. The zero-order valence-corrected chi connectivity index (χ0v) is 10.7. The number of rotatable bonds is 5. The minimum Gasteiger partial charge on any atom is -0.481 e. The van der Waals surface area contributed by atoms with Gasteiger partial charge in [-0.1, -0.05) is 12.1 Å². The third-order valence-electron chi connectivity index (χ3n) is 2.87. The molecule has 2 rings (SSSR count). The first-order valence-electron chi connectivity index (χ1n) is 6.06. The highest BCUT2D eigenvalue weighted by molar-refractivity contribution is 5.66. The van der Waals surface area contributed by atoms with Crippen LogP contribution in [0.15, 0.2) is 34.9 Å². The largest absolute Gasteiger partial charge is 0.481 e. The van der Waals surface area contributed by atoms with Gasteiger partial charge in [0.2, 0.25) is 5.89 Å². The molecule has 0 saturated carbocycles. The summed E-state index contributed by atoms with van der Waals surface area (Å²) >= 11 is 0. The van der Waals surface area contributed by atoms with Gasteiger partial charge in [0.15, 0.2) is 0 Å². The molecule has 0 spiro atoms. The van der Waals surface area contributed by atoms with Crippen LogP contribution in [0.1, 0.15) is 30.1 Å². The average Bonchev–Trinajstić information content (AvgIpc) is 2.83. The van der Waals surface area contributed by atoms with Crippen molar-refractivity contribution in [1.82, 2.24) is 4.98 Å². The molecule has 1 heterocycles. The Labute approximate surface area is 111 Å². The number of carboxylic acid groups (broad SMARTS) is 1. The Balaban J connectivity index is 2.07. The number of hydrogen-bond donors (Lipinski definition) is 2. The Bertz CT molecular complexity index is 560. The van der Waals surface area contributed by atoms with Gasteiger partial charge >= 0.3 is 5.97 Å². The predicted molar refractivity (Wildman–Crippen MR) is 70.5 cm³/mol. The average molecular weight is 260 g/mol. The Hall–Kier alpha value is -2.14. The summed E-state index contributed by atoms with van der Waals surface area (Å²) < 4.78 is 5.31. The lowest BCUT2D eigenvalue weighted by Crippen LogP contribution is -2.12. The maximum Gasteiger partial charge on any atom is 0.303 e. The maximum atomic E-state index is 10.5. The summed E-state index contributed by atoms with van der Waals surface area (Å²) in [5, 5.41) is 8.63. The van der Waals surface area contributed by atoms with Crippen molar-refractivity contribution in [3.05, 3.63) is 41.8 Å². The number of carboxylic acids is 1. The maximum absolute atomic E-state index is 10.5. The van der Waals surface area contributed by atoms with Crippen molar-refractivity contribution in [2.24, 2.45) is 5.73 Å². The molecule has 0 amide bonds. The normalized spacial score (nSPS) is 12.3. The molecule has 1 aromatic carbocycles. The van der Waals surface area contributed by atoms with E-state index in [1.165, 1.54) is 0 Å². The zero-order chi connectivity index (χ0) is 13.8. The van der Waals surface area contributed by atoms with Crippen molar-refractivity contribution in [2.45, 2.75) is 25.8 Å². The molecule has 1 aromatic heterocycles. The van der Waals surface area contributed by atoms with Crippen LogP contribution in [0.2, 0.25) is 0 Å². The van der Waals surface area contributed by atoms with Crippen molar-refractivity contribution >= 4 is 5.97 Å². The molecule has 0 saturated heterocycles. The van der Waals surface area contributed by atoms with E-state index in [1.54, 1.807) is 6.26 Å². The van der Waals surface area contributed by atoms with Crippen LogP contribution >= 0.6 is 0 Å². The van der Waals surface area contributed by atoms with Gasteiger partial charge in [-0.15, -0.1) is 0 Å². The lowest BCUT2D eigenvalue weighted by atomic mass is 10.0. The molecule has 100 valence electrons. The van der Waals surface area contributed by atoms with E-state index in [2.05, 4.69) is 4.98 Å². The number of hydrogen-bond acceptors (Lipinski definition) is 4. The van der Waals surface area contributed by atoms with Crippen LogP contribution in [0.5, 0.6) is 0 Å². The molecule has 19 heavy (non-hydrogen) atoms. The summed E-state index contributed by atoms with van der Waals surface area (Å²) in [7, 11) is 0. The lowest BCUT2D eigenvalue weighted by molar-refractivity contribution is -0.137. The predicted octanol–water partition coefficient (Wildman–Crippen LogP) is 2.51. The summed E-state index contributed by atoms with van der Waals surface area (Å²) in [5.41, 5.74) is 8.55. The first-order valence-corrected chi connectivity index (χ1v) is 6.06. The third kappa shape index (κ3) is 3.42. The van der Waals surface area contributed by atoms with Crippen LogP contribution in [0, 0.1) is 6.92 Å². The van der Waals surface area contributed by atoms with Gasteiger partial charge in [-0.2, -0.15) is 0 Å². The summed E-state index contributed by atoms with van der Waals surface area (Å²) in [6, 6.07) is 7.24. The van der Waals surface area contributed by atoms with E-state index in [0.717, 1.165) is 16.8 Å². The number of aryl methyl sites for hydroxylation is 1. The molecule has 5 heteroatoms. The molecule has 1 atom stereocenters. The molecule has 2 aromatic rings. The van der Waals surface area contributed by atoms with E-state index >= 15 is 0 Å². The minimum absolute atomic E-state index is 0.0713. The molecule has 0 fully saturated rings. The molecule has 0 aliphatic rings. The van der Waals surface area contributed by atoms with Crippen molar-refractivity contribution in [2.75, 3.05) is 0 Å². The Morgan fingerprint density at radius 1 is 1.42 bits per heavy atom. The number of benzene rings is 1. The number of aromatic nitrogens is 1.